The van der Waals surface area contributed by atoms with Gasteiger partial charge in [0, 0.05) is 18.2 Å². The van der Waals surface area contributed by atoms with Gasteiger partial charge in [0.15, 0.2) is 0 Å². The molecule has 0 amide bonds. The van der Waals surface area contributed by atoms with Crippen molar-refractivity contribution in [3.8, 4) is 0 Å². The second-order valence-electron chi connectivity index (χ2n) is 5.38. The van der Waals surface area contributed by atoms with Gasteiger partial charge in [-0.1, -0.05) is 12.8 Å². The summed E-state index contributed by atoms with van der Waals surface area (Å²) >= 11 is 0. The molecule has 0 aliphatic heterocycles. The van der Waals surface area contributed by atoms with E-state index in [9.17, 15) is 13.2 Å². The predicted octanol–water partition coefficient (Wildman–Crippen LogP) is 3.67. The van der Waals surface area contributed by atoms with Crippen LogP contribution in [0.15, 0.2) is 6.07 Å². The summed E-state index contributed by atoms with van der Waals surface area (Å²) < 4.78 is 38.4. The number of hydrogen-bond donors (Lipinski definition) is 2. The molecule has 0 radical (unpaired) electrons. The van der Waals surface area contributed by atoms with E-state index in [-0.39, 0.29) is 17.2 Å². The third kappa shape index (κ3) is 3.52. The number of nitrogens with one attached hydrogen (secondary N) is 2. The van der Waals surface area contributed by atoms with Gasteiger partial charge in [-0.2, -0.15) is 13.2 Å². The molecule has 7 heteroatoms. The van der Waals surface area contributed by atoms with Gasteiger partial charge < -0.3 is 10.6 Å². The molecule has 1 heterocycles. The average Bonchev–Trinajstić information content (AvgIpc) is 2.74. The number of nitrogens with zero attached hydrogens (tertiary/aromatic N) is 2. The molecule has 20 heavy (non-hydrogen) atoms. The van der Waals surface area contributed by atoms with E-state index < -0.39 is 12.0 Å². The first kappa shape index (κ1) is 14.9. The predicted molar refractivity (Wildman–Crippen MR) is 71.7 cm³/mol. The van der Waals surface area contributed by atoms with E-state index in [4.69, 9.17) is 0 Å². The SMILES string of the molecule is CCNc1cc(NC2(C)CCCC2)nc(C(F)(F)F)n1. The molecule has 4 nitrogen and oxygen atoms in total. The van der Waals surface area contributed by atoms with Gasteiger partial charge in [0.25, 0.3) is 0 Å². The Morgan fingerprint density at radius 1 is 1.20 bits per heavy atom. The number of alkyl halides is 3. The second-order valence-corrected chi connectivity index (χ2v) is 5.38. The number of rotatable bonds is 4. The number of halogens is 3. The maximum atomic E-state index is 12.8. The minimum atomic E-state index is -4.54. The van der Waals surface area contributed by atoms with Crippen molar-refractivity contribution in [3.63, 3.8) is 0 Å². The van der Waals surface area contributed by atoms with Crippen LogP contribution in [0.25, 0.3) is 0 Å². The molecule has 0 bridgehead atoms. The van der Waals surface area contributed by atoms with Crippen LogP contribution in [0.1, 0.15) is 45.4 Å². The quantitative estimate of drug-likeness (QED) is 0.887. The van der Waals surface area contributed by atoms with Crippen molar-refractivity contribution >= 4 is 11.6 Å². The Hall–Kier alpha value is -1.53. The Morgan fingerprint density at radius 3 is 2.35 bits per heavy atom. The van der Waals surface area contributed by atoms with E-state index >= 15 is 0 Å². The van der Waals surface area contributed by atoms with Crippen LogP contribution in [0.2, 0.25) is 0 Å². The van der Waals surface area contributed by atoms with Crippen LogP contribution in [-0.4, -0.2) is 22.1 Å². The van der Waals surface area contributed by atoms with Crippen molar-refractivity contribution in [2.75, 3.05) is 17.2 Å². The molecule has 0 unspecified atom stereocenters. The highest BCUT2D eigenvalue weighted by atomic mass is 19.4. The van der Waals surface area contributed by atoms with Gasteiger partial charge in [0.1, 0.15) is 11.6 Å². The summed E-state index contributed by atoms with van der Waals surface area (Å²) in [6.07, 6.45) is -0.496. The van der Waals surface area contributed by atoms with Crippen LogP contribution in [0, 0.1) is 0 Å². The minimum absolute atomic E-state index is 0.180. The highest BCUT2D eigenvalue weighted by molar-refractivity contribution is 5.49. The molecule has 1 aliphatic carbocycles. The molecule has 2 N–H and O–H groups in total. The maximum Gasteiger partial charge on any atom is 0.451 e. The second kappa shape index (κ2) is 5.46. The highest BCUT2D eigenvalue weighted by Crippen LogP contribution is 2.34. The van der Waals surface area contributed by atoms with Gasteiger partial charge in [-0.05, 0) is 26.7 Å². The molecule has 1 saturated carbocycles. The van der Waals surface area contributed by atoms with E-state index in [1.54, 1.807) is 6.92 Å². The standard InChI is InChI=1S/C13H19F3N4/c1-3-17-9-8-10(19-11(18-9)13(14,15)16)20-12(2)6-4-5-7-12/h8H,3-7H2,1-2H3,(H2,17,18,19,20). The first-order valence-electron chi connectivity index (χ1n) is 6.81. The zero-order valence-corrected chi connectivity index (χ0v) is 11.6. The Balaban J connectivity index is 2.29. The molecule has 1 fully saturated rings. The largest absolute Gasteiger partial charge is 0.451 e. The molecule has 1 aliphatic rings. The Labute approximate surface area is 116 Å². The summed E-state index contributed by atoms with van der Waals surface area (Å²) in [5.74, 6) is -0.688. The summed E-state index contributed by atoms with van der Waals surface area (Å²) in [6, 6.07) is 1.53. The smallest absolute Gasteiger partial charge is 0.370 e. The fourth-order valence-electron chi connectivity index (χ4n) is 2.50. The summed E-state index contributed by atoms with van der Waals surface area (Å²) in [5, 5.41) is 5.94. The van der Waals surface area contributed by atoms with Gasteiger partial charge in [-0.3, -0.25) is 0 Å². The monoisotopic (exact) mass is 288 g/mol. The van der Waals surface area contributed by atoms with E-state index in [1.807, 2.05) is 6.92 Å². The maximum absolute atomic E-state index is 12.8. The fourth-order valence-corrected chi connectivity index (χ4v) is 2.50. The van der Waals surface area contributed by atoms with Gasteiger partial charge in [-0.15, -0.1) is 0 Å². The molecule has 2 rings (SSSR count). The zero-order chi connectivity index (χ0) is 14.8. The summed E-state index contributed by atoms with van der Waals surface area (Å²) in [6.45, 7) is 4.33. The molecule has 0 saturated heterocycles. The number of anilines is 2. The lowest BCUT2D eigenvalue weighted by molar-refractivity contribution is -0.144. The lowest BCUT2D eigenvalue weighted by atomic mass is 10.0. The van der Waals surface area contributed by atoms with Crippen molar-refractivity contribution < 1.29 is 13.2 Å². The van der Waals surface area contributed by atoms with Gasteiger partial charge in [0.2, 0.25) is 5.82 Å². The third-order valence-corrected chi connectivity index (χ3v) is 3.47. The van der Waals surface area contributed by atoms with Crippen LogP contribution in [0.4, 0.5) is 24.8 Å². The molecular weight excluding hydrogens is 269 g/mol. The van der Waals surface area contributed by atoms with Gasteiger partial charge >= 0.3 is 6.18 Å². The van der Waals surface area contributed by atoms with E-state index in [0.29, 0.717) is 6.54 Å². The number of aromatic nitrogens is 2. The fraction of sp³-hybridized carbons (Fsp3) is 0.692. The van der Waals surface area contributed by atoms with Gasteiger partial charge in [0.05, 0.1) is 0 Å². The van der Waals surface area contributed by atoms with E-state index in [1.165, 1.54) is 6.07 Å². The van der Waals surface area contributed by atoms with Crippen molar-refractivity contribution in [1.82, 2.24) is 9.97 Å². The molecule has 0 aromatic carbocycles. The van der Waals surface area contributed by atoms with E-state index in [0.717, 1.165) is 25.7 Å². The van der Waals surface area contributed by atoms with Crippen molar-refractivity contribution in [2.24, 2.45) is 0 Å². The Kier molecular flexibility index (Phi) is 4.06. The highest BCUT2D eigenvalue weighted by Gasteiger charge is 2.36. The normalized spacial score (nSPS) is 18.1. The molecule has 1 aromatic rings. The van der Waals surface area contributed by atoms with Crippen molar-refractivity contribution in [2.45, 2.75) is 51.2 Å². The van der Waals surface area contributed by atoms with Crippen LogP contribution in [-0.2, 0) is 6.18 Å². The van der Waals surface area contributed by atoms with E-state index in [2.05, 4.69) is 20.6 Å². The van der Waals surface area contributed by atoms with Crippen molar-refractivity contribution in [1.29, 1.82) is 0 Å². The third-order valence-electron chi connectivity index (χ3n) is 3.47. The molecule has 0 spiro atoms. The number of hydrogen-bond acceptors (Lipinski definition) is 4. The molecule has 0 atom stereocenters. The first-order chi connectivity index (χ1) is 9.32. The summed E-state index contributed by atoms with van der Waals surface area (Å²) in [5.41, 5.74) is -0.180. The van der Waals surface area contributed by atoms with Crippen LogP contribution >= 0.6 is 0 Å². The Bertz CT molecular complexity index is 467. The minimum Gasteiger partial charge on any atom is -0.370 e. The summed E-state index contributed by atoms with van der Waals surface area (Å²) in [7, 11) is 0. The first-order valence-corrected chi connectivity index (χ1v) is 6.81. The molecule has 1 aromatic heterocycles. The topological polar surface area (TPSA) is 49.8 Å². The molecular formula is C13H19F3N4. The van der Waals surface area contributed by atoms with Crippen LogP contribution in [0.3, 0.4) is 0 Å². The lowest BCUT2D eigenvalue weighted by Crippen LogP contribution is -2.31. The van der Waals surface area contributed by atoms with Crippen LogP contribution < -0.4 is 10.6 Å². The average molecular weight is 288 g/mol. The van der Waals surface area contributed by atoms with Crippen LogP contribution in [0.5, 0.6) is 0 Å². The lowest BCUT2D eigenvalue weighted by Gasteiger charge is -2.26. The van der Waals surface area contributed by atoms with Gasteiger partial charge in [-0.25, -0.2) is 9.97 Å². The summed E-state index contributed by atoms with van der Waals surface area (Å²) in [4.78, 5) is 7.11. The Morgan fingerprint density at radius 2 is 1.80 bits per heavy atom. The molecule has 112 valence electrons. The zero-order valence-electron chi connectivity index (χ0n) is 11.6. The van der Waals surface area contributed by atoms with Crippen molar-refractivity contribution in [3.05, 3.63) is 11.9 Å².